The standard InChI is InChI=1S/C14H29OSi/c1-7-8-9-12-10-11-13(12)15-16(5,6)14(2,3)4/h12H,7-11H2,1-6H3. The van der Waals surface area contributed by atoms with Crippen molar-refractivity contribution in [1.29, 1.82) is 0 Å². The molecule has 1 radical (unpaired) electrons. The predicted octanol–water partition coefficient (Wildman–Crippen LogP) is 5.14. The van der Waals surface area contributed by atoms with Gasteiger partial charge in [0.25, 0.3) is 0 Å². The van der Waals surface area contributed by atoms with E-state index in [0.717, 1.165) is 5.92 Å². The summed E-state index contributed by atoms with van der Waals surface area (Å²) in [5, 5.41) is 0.338. The van der Waals surface area contributed by atoms with Crippen molar-refractivity contribution in [3.05, 3.63) is 6.10 Å². The van der Waals surface area contributed by atoms with Gasteiger partial charge in [0.2, 0.25) is 0 Å². The maximum absolute atomic E-state index is 6.40. The zero-order valence-corrected chi connectivity index (χ0v) is 13.0. The van der Waals surface area contributed by atoms with Crippen LogP contribution in [0.3, 0.4) is 0 Å². The van der Waals surface area contributed by atoms with Gasteiger partial charge in [-0.1, -0.05) is 40.5 Å². The molecule has 95 valence electrons. The van der Waals surface area contributed by atoms with E-state index in [0.29, 0.717) is 5.04 Å². The first-order chi connectivity index (χ1) is 7.28. The van der Waals surface area contributed by atoms with E-state index in [2.05, 4.69) is 40.8 Å². The monoisotopic (exact) mass is 241 g/mol. The summed E-state index contributed by atoms with van der Waals surface area (Å²) in [7, 11) is -1.56. The highest BCUT2D eigenvalue weighted by Crippen LogP contribution is 2.46. The molecule has 0 bridgehead atoms. The summed E-state index contributed by atoms with van der Waals surface area (Å²) in [6, 6.07) is 0. The van der Waals surface area contributed by atoms with Crippen molar-refractivity contribution in [3.63, 3.8) is 0 Å². The third-order valence-corrected chi connectivity index (χ3v) is 8.68. The molecule has 1 saturated carbocycles. The minimum absolute atomic E-state index is 0.338. The van der Waals surface area contributed by atoms with Crippen molar-refractivity contribution in [2.75, 3.05) is 0 Å². The molecule has 1 atom stereocenters. The second-order valence-electron chi connectivity index (χ2n) is 6.71. The van der Waals surface area contributed by atoms with Crippen molar-refractivity contribution >= 4 is 8.32 Å². The van der Waals surface area contributed by atoms with E-state index in [1.165, 1.54) is 38.2 Å². The summed E-state index contributed by atoms with van der Waals surface area (Å²) in [6.45, 7) is 13.9. The van der Waals surface area contributed by atoms with E-state index >= 15 is 0 Å². The van der Waals surface area contributed by atoms with Gasteiger partial charge in [-0.05, 0) is 43.3 Å². The van der Waals surface area contributed by atoms with Gasteiger partial charge in [-0.2, -0.15) is 0 Å². The fourth-order valence-electron chi connectivity index (χ4n) is 1.84. The average Bonchev–Trinajstić information content (AvgIpc) is 2.11. The third-order valence-electron chi connectivity index (χ3n) is 4.29. The third kappa shape index (κ3) is 3.33. The number of hydrogen-bond donors (Lipinski definition) is 0. The smallest absolute Gasteiger partial charge is 0.192 e. The lowest BCUT2D eigenvalue weighted by Gasteiger charge is -2.45. The SMILES string of the molecule is CCCCC1CC[C]1O[Si](C)(C)C(C)(C)C. The maximum Gasteiger partial charge on any atom is 0.192 e. The Kier molecular flexibility index (Phi) is 4.64. The van der Waals surface area contributed by atoms with Gasteiger partial charge >= 0.3 is 0 Å². The summed E-state index contributed by atoms with van der Waals surface area (Å²) < 4.78 is 6.40. The highest BCUT2D eigenvalue weighted by Gasteiger charge is 2.43. The van der Waals surface area contributed by atoms with Crippen LogP contribution in [0.5, 0.6) is 0 Å². The highest BCUT2D eigenvalue weighted by atomic mass is 28.4. The molecule has 0 heterocycles. The van der Waals surface area contributed by atoms with Crippen LogP contribution in [0.4, 0.5) is 0 Å². The van der Waals surface area contributed by atoms with E-state index in [9.17, 15) is 0 Å². The van der Waals surface area contributed by atoms with Gasteiger partial charge in [-0.15, -0.1) is 0 Å². The van der Waals surface area contributed by atoms with Crippen molar-refractivity contribution in [2.45, 2.75) is 77.9 Å². The first-order valence-corrected chi connectivity index (χ1v) is 9.73. The van der Waals surface area contributed by atoms with Crippen LogP contribution in [-0.4, -0.2) is 8.32 Å². The summed E-state index contributed by atoms with van der Waals surface area (Å²) in [6.07, 6.45) is 8.03. The second kappa shape index (κ2) is 5.22. The second-order valence-corrected chi connectivity index (χ2v) is 11.4. The Balaban J connectivity index is 2.43. The minimum Gasteiger partial charge on any atom is -0.408 e. The summed E-state index contributed by atoms with van der Waals surface area (Å²) >= 11 is 0. The molecular formula is C14H29OSi. The van der Waals surface area contributed by atoms with Gasteiger partial charge in [0.05, 0.1) is 6.10 Å². The molecule has 0 spiro atoms. The zero-order valence-electron chi connectivity index (χ0n) is 12.0. The predicted molar refractivity (Wildman–Crippen MR) is 73.8 cm³/mol. The van der Waals surface area contributed by atoms with Gasteiger partial charge in [0.15, 0.2) is 8.32 Å². The van der Waals surface area contributed by atoms with Crippen molar-refractivity contribution in [3.8, 4) is 0 Å². The molecular weight excluding hydrogens is 212 g/mol. The Bertz CT molecular complexity index is 217. The van der Waals surface area contributed by atoms with Gasteiger partial charge < -0.3 is 4.43 Å². The van der Waals surface area contributed by atoms with Gasteiger partial charge in [-0.3, -0.25) is 0 Å². The van der Waals surface area contributed by atoms with Gasteiger partial charge in [-0.25, -0.2) is 0 Å². The Labute approximate surface area is 103 Å². The summed E-state index contributed by atoms with van der Waals surface area (Å²) in [4.78, 5) is 0. The van der Waals surface area contributed by atoms with E-state index < -0.39 is 8.32 Å². The molecule has 1 fully saturated rings. The molecule has 0 aromatic carbocycles. The highest BCUT2D eigenvalue weighted by molar-refractivity contribution is 6.74. The molecule has 0 aromatic rings. The minimum atomic E-state index is -1.56. The molecule has 0 aromatic heterocycles. The normalized spacial score (nSPS) is 23.2. The molecule has 1 aliphatic rings. The number of unbranched alkanes of at least 4 members (excludes halogenated alkanes) is 1. The van der Waals surface area contributed by atoms with Gasteiger partial charge in [0.1, 0.15) is 0 Å². The van der Waals surface area contributed by atoms with Crippen LogP contribution in [0.1, 0.15) is 59.8 Å². The Morgan fingerprint density at radius 3 is 2.31 bits per heavy atom. The fraction of sp³-hybridized carbons (Fsp3) is 0.929. The van der Waals surface area contributed by atoms with Crippen LogP contribution in [-0.2, 0) is 4.43 Å². The molecule has 2 heteroatoms. The quantitative estimate of drug-likeness (QED) is 0.606. The van der Waals surface area contributed by atoms with Crippen LogP contribution in [0, 0.1) is 12.0 Å². The maximum atomic E-state index is 6.40. The van der Waals surface area contributed by atoms with Crippen LogP contribution >= 0.6 is 0 Å². The van der Waals surface area contributed by atoms with Crippen LogP contribution in [0.15, 0.2) is 0 Å². The van der Waals surface area contributed by atoms with E-state index in [1.54, 1.807) is 0 Å². The molecule has 0 aliphatic heterocycles. The molecule has 0 amide bonds. The van der Waals surface area contributed by atoms with E-state index in [4.69, 9.17) is 4.43 Å². The first kappa shape index (κ1) is 14.2. The number of rotatable bonds is 5. The lowest BCUT2D eigenvalue weighted by Crippen LogP contribution is -2.45. The van der Waals surface area contributed by atoms with Gasteiger partial charge in [0, 0.05) is 0 Å². The summed E-state index contributed by atoms with van der Waals surface area (Å²) in [5.41, 5.74) is 0. The van der Waals surface area contributed by atoms with Crippen LogP contribution < -0.4 is 0 Å². The largest absolute Gasteiger partial charge is 0.408 e. The van der Waals surface area contributed by atoms with Crippen molar-refractivity contribution in [1.82, 2.24) is 0 Å². The molecule has 1 unspecified atom stereocenters. The zero-order chi connectivity index (χ0) is 12.4. The van der Waals surface area contributed by atoms with E-state index in [-0.39, 0.29) is 0 Å². The average molecular weight is 241 g/mol. The number of hydrogen-bond acceptors (Lipinski definition) is 1. The Morgan fingerprint density at radius 2 is 1.94 bits per heavy atom. The fourth-order valence-corrected chi connectivity index (χ4v) is 3.07. The molecule has 1 aliphatic carbocycles. The van der Waals surface area contributed by atoms with E-state index in [1.807, 2.05) is 0 Å². The molecule has 0 saturated heterocycles. The Hall–Kier alpha value is 0.177. The molecule has 0 N–H and O–H groups in total. The van der Waals surface area contributed by atoms with Crippen molar-refractivity contribution < 1.29 is 4.43 Å². The first-order valence-electron chi connectivity index (χ1n) is 6.82. The van der Waals surface area contributed by atoms with Crippen LogP contribution in [0.2, 0.25) is 18.1 Å². The molecule has 16 heavy (non-hydrogen) atoms. The van der Waals surface area contributed by atoms with Crippen molar-refractivity contribution in [2.24, 2.45) is 5.92 Å². The Morgan fingerprint density at radius 1 is 1.31 bits per heavy atom. The lowest BCUT2D eigenvalue weighted by atomic mass is 9.79. The molecule has 1 nitrogen and oxygen atoms in total. The van der Waals surface area contributed by atoms with Crippen LogP contribution in [0.25, 0.3) is 0 Å². The topological polar surface area (TPSA) is 9.23 Å². The summed E-state index contributed by atoms with van der Waals surface area (Å²) in [5.74, 6) is 0.786. The molecule has 1 rings (SSSR count). The lowest BCUT2D eigenvalue weighted by molar-refractivity contribution is 0.132.